The molecule has 2 aromatic rings. The van der Waals surface area contributed by atoms with Gasteiger partial charge < -0.3 is 9.31 Å². The van der Waals surface area contributed by atoms with Crippen LogP contribution in [0.25, 0.3) is 0 Å². The first-order valence-corrected chi connectivity index (χ1v) is 4.53. The average Bonchev–Trinajstić information content (AvgIpc) is 2.32. The molecule has 0 saturated carbocycles. The summed E-state index contributed by atoms with van der Waals surface area (Å²) < 4.78 is 10.5. The van der Waals surface area contributed by atoms with Crippen molar-refractivity contribution in [2.45, 2.75) is 0 Å². The normalized spacial score (nSPS) is 9.33. The van der Waals surface area contributed by atoms with Crippen molar-refractivity contribution < 1.29 is 9.31 Å². The number of nitrogens with zero attached hydrogens (tertiary/aromatic N) is 2. The summed E-state index contributed by atoms with van der Waals surface area (Å²) in [4.78, 5) is 7.97. The van der Waals surface area contributed by atoms with Crippen molar-refractivity contribution in [2.24, 2.45) is 0 Å². The fourth-order valence-corrected chi connectivity index (χ4v) is 1.02. The van der Waals surface area contributed by atoms with Gasteiger partial charge in [-0.3, -0.25) is 0 Å². The van der Waals surface area contributed by atoms with Crippen LogP contribution in [0.15, 0.2) is 48.8 Å². The second-order valence-electron chi connectivity index (χ2n) is 2.74. The molecule has 0 aliphatic heterocycles. The smallest absolute Gasteiger partial charge is 0.514 e. The molecule has 0 unspecified atom stereocenters. The molecule has 5 heteroatoms. The second kappa shape index (κ2) is 5.00. The highest BCUT2D eigenvalue weighted by molar-refractivity contribution is 6.20. The fraction of sp³-hybridized carbons (Fsp3) is 0. The zero-order valence-electron chi connectivity index (χ0n) is 8.04. The summed E-state index contributed by atoms with van der Waals surface area (Å²) in [6.07, 6.45) is 3.33. The van der Waals surface area contributed by atoms with Crippen molar-refractivity contribution in [3.05, 3.63) is 48.8 Å². The summed E-state index contributed by atoms with van der Waals surface area (Å²) in [5.41, 5.74) is 0. The Labute approximate surface area is 88.2 Å². The van der Waals surface area contributed by atoms with Gasteiger partial charge in [-0.05, 0) is 24.3 Å². The summed E-state index contributed by atoms with van der Waals surface area (Å²) in [6.45, 7) is 0. The van der Waals surface area contributed by atoms with Crippen LogP contribution in [-0.4, -0.2) is 17.7 Å². The van der Waals surface area contributed by atoms with E-state index in [0.717, 1.165) is 0 Å². The fourth-order valence-electron chi connectivity index (χ4n) is 1.02. The van der Waals surface area contributed by atoms with Crippen molar-refractivity contribution in [1.29, 1.82) is 0 Å². The van der Waals surface area contributed by atoms with E-state index in [1.165, 1.54) is 0 Å². The van der Waals surface area contributed by atoms with Crippen molar-refractivity contribution in [2.75, 3.05) is 0 Å². The SMILES string of the molecule is B(Oc1ccccn1)Oc1ccccn1. The minimum Gasteiger partial charge on any atom is -0.514 e. The van der Waals surface area contributed by atoms with Gasteiger partial charge in [0, 0.05) is 12.4 Å². The molecule has 15 heavy (non-hydrogen) atoms. The Hall–Kier alpha value is -2.04. The van der Waals surface area contributed by atoms with Crippen molar-refractivity contribution in [3.63, 3.8) is 0 Å². The average molecular weight is 200 g/mol. The molecule has 0 radical (unpaired) electrons. The molecule has 0 aliphatic carbocycles. The molecule has 0 saturated heterocycles. The molecule has 2 aromatic heterocycles. The summed E-state index contributed by atoms with van der Waals surface area (Å²) in [6, 6.07) is 10.9. The minimum absolute atomic E-state index is 0.105. The van der Waals surface area contributed by atoms with Gasteiger partial charge in [0.2, 0.25) is 0 Å². The predicted octanol–water partition coefficient (Wildman–Crippen LogP) is 1.20. The molecule has 0 atom stereocenters. The van der Waals surface area contributed by atoms with Gasteiger partial charge in [0.05, 0.1) is 0 Å². The molecule has 2 rings (SSSR count). The minimum atomic E-state index is 0.105. The maximum absolute atomic E-state index is 5.24. The summed E-state index contributed by atoms with van der Waals surface area (Å²) >= 11 is 0. The van der Waals surface area contributed by atoms with E-state index in [1.54, 1.807) is 24.5 Å². The van der Waals surface area contributed by atoms with Gasteiger partial charge >= 0.3 is 7.69 Å². The number of hydrogen-bond donors (Lipinski definition) is 0. The largest absolute Gasteiger partial charge is 0.578 e. The molecular formula is C10H9BN2O2. The predicted molar refractivity (Wildman–Crippen MR) is 56.9 cm³/mol. The van der Waals surface area contributed by atoms with E-state index in [2.05, 4.69) is 9.97 Å². The Morgan fingerprint density at radius 3 is 1.73 bits per heavy atom. The second-order valence-corrected chi connectivity index (χ2v) is 2.74. The van der Waals surface area contributed by atoms with Crippen LogP contribution in [0.5, 0.6) is 11.8 Å². The van der Waals surface area contributed by atoms with Gasteiger partial charge in [-0.1, -0.05) is 12.1 Å². The quantitative estimate of drug-likeness (QED) is 0.695. The lowest BCUT2D eigenvalue weighted by atomic mass is 10.3. The molecule has 0 spiro atoms. The number of aromatic nitrogens is 2. The molecule has 4 nitrogen and oxygen atoms in total. The van der Waals surface area contributed by atoms with E-state index < -0.39 is 0 Å². The van der Waals surface area contributed by atoms with Gasteiger partial charge in [0.25, 0.3) is 0 Å². The maximum Gasteiger partial charge on any atom is 0.578 e. The van der Waals surface area contributed by atoms with Crippen LogP contribution in [0.1, 0.15) is 0 Å². The Morgan fingerprint density at radius 2 is 1.33 bits per heavy atom. The Morgan fingerprint density at radius 1 is 0.800 bits per heavy atom. The lowest BCUT2D eigenvalue weighted by molar-refractivity contribution is 0.439. The monoisotopic (exact) mass is 200 g/mol. The Kier molecular flexibility index (Phi) is 3.17. The standard InChI is InChI=1S/C10H9BN2O2/c1-3-7-12-9(5-1)14-11-15-10-6-2-4-8-13-10/h1-8,11H. The highest BCUT2D eigenvalue weighted by Crippen LogP contribution is 2.05. The molecule has 0 bridgehead atoms. The van der Waals surface area contributed by atoms with Crippen LogP contribution in [0.4, 0.5) is 0 Å². The summed E-state index contributed by atoms with van der Waals surface area (Å²) in [5, 5.41) is 0. The number of rotatable bonds is 4. The maximum atomic E-state index is 5.24. The van der Waals surface area contributed by atoms with E-state index >= 15 is 0 Å². The lowest BCUT2D eigenvalue weighted by Gasteiger charge is -2.04. The third-order valence-corrected chi connectivity index (χ3v) is 1.69. The van der Waals surface area contributed by atoms with Crippen LogP contribution in [0.3, 0.4) is 0 Å². The zero-order valence-corrected chi connectivity index (χ0v) is 8.04. The molecule has 0 aromatic carbocycles. The molecule has 0 amide bonds. The zero-order chi connectivity index (χ0) is 10.3. The molecule has 74 valence electrons. The first-order chi connectivity index (χ1) is 7.45. The first-order valence-electron chi connectivity index (χ1n) is 4.53. The molecule has 2 heterocycles. The van der Waals surface area contributed by atoms with Gasteiger partial charge in [-0.15, -0.1) is 0 Å². The van der Waals surface area contributed by atoms with Crippen LogP contribution >= 0.6 is 0 Å². The van der Waals surface area contributed by atoms with Gasteiger partial charge in [-0.2, -0.15) is 0 Å². The molecular weight excluding hydrogens is 191 g/mol. The van der Waals surface area contributed by atoms with E-state index in [9.17, 15) is 0 Å². The van der Waals surface area contributed by atoms with E-state index in [1.807, 2.05) is 24.3 Å². The van der Waals surface area contributed by atoms with Gasteiger partial charge in [0.15, 0.2) is 11.8 Å². The van der Waals surface area contributed by atoms with Gasteiger partial charge in [0.1, 0.15) is 0 Å². The molecule has 0 aliphatic rings. The van der Waals surface area contributed by atoms with Gasteiger partial charge in [-0.25, -0.2) is 9.97 Å². The molecule has 0 N–H and O–H groups in total. The van der Waals surface area contributed by atoms with Crippen molar-refractivity contribution in [3.8, 4) is 11.8 Å². The summed E-state index contributed by atoms with van der Waals surface area (Å²) in [7, 11) is 0.105. The summed E-state index contributed by atoms with van der Waals surface area (Å²) in [5.74, 6) is 1.07. The van der Waals surface area contributed by atoms with Crippen LogP contribution in [-0.2, 0) is 0 Å². The number of hydrogen-bond acceptors (Lipinski definition) is 4. The van der Waals surface area contributed by atoms with Crippen LogP contribution in [0, 0.1) is 0 Å². The number of pyridine rings is 2. The topological polar surface area (TPSA) is 44.2 Å². The van der Waals surface area contributed by atoms with Crippen LogP contribution in [0.2, 0.25) is 0 Å². The Bertz CT molecular complexity index is 357. The van der Waals surface area contributed by atoms with E-state index in [4.69, 9.17) is 9.31 Å². The Balaban J connectivity index is 1.81. The third kappa shape index (κ3) is 2.98. The van der Waals surface area contributed by atoms with E-state index in [-0.39, 0.29) is 7.69 Å². The highest BCUT2D eigenvalue weighted by atomic mass is 16.6. The first kappa shape index (κ1) is 9.52. The van der Waals surface area contributed by atoms with E-state index in [0.29, 0.717) is 11.8 Å². The lowest BCUT2D eigenvalue weighted by Crippen LogP contribution is -2.12. The van der Waals surface area contributed by atoms with Crippen molar-refractivity contribution >= 4 is 7.69 Å². The molecule has 0 fully saturated rings. The third-order valence-electron chi connectivity index (χ3n) is 1.69. The van der Waals surface area contributed by atoms with Crippen LogP contribution < -0.4 is 9.31 Å². The van der Waals surface area contributed by atoms with Crippen molar-refractivity contribution in [1.82, 2.24) is 9.97 Å². The highest BCUT2D eigenvalue weighted by Gasteiger charge is 1.99.